The second kappa shape index (κ2) is 12.2. The number of nitrogens with one attached hydrogen (secondary N) is 7. The van der Waals surface area contributed by atoms with E-state index in [-0.39, 0.29) is 24.6 Å². The third kappa shape index (κ3) is 7.08. The number of piperazine rings is 1. The van der Waals surface area contributed by atoms with Crippen LogP contribution in [0.1, 0.15) is 39.0 Å². The maximum atomic E-state index is 13.5. The summed E-state index contributed by atoms with van der Waals surface area (Å²) in [5.41, 5.74) is 7.06. The normalized spacial score (nSPS) is 31.5. The fourth-order valence-electron chi connectivity index (χ4n) is 4.64. The number of rotatable bonds is 12. The highest BCUT2D eigenvalue weighted by atomic mass is 19.1. The van der Waals surface area contributed by atoms with Gasteiger partial charge in [0.2, 0.25) is 0 Å². The average molecular weight is 429 g/mol. The second-order valence-electron chi connectivity index (χ2n) is 8.89. The van der Waals surface area contributed by atoms with Crippen molar-refractivity contribution in [2.24, 2.45) is 5.92 Å². The van der Waals surface area contributed by atoms with Gasteiger partial charge in [0.1, 0.15) is 12.3 Å². The number of likely N-dealkylation sites (tertiary alicyclic amines) is 1. The summed E-state index contributed by atoms with van der Waals surface area (Å²) in [7, 11) is 1.98. The molecule has 0 aromatic heterocycles. The molecule has 2 heterocycles. The van der Waals surface area contributed by atoms with E-state index in [4.69, 9.17) is 10.1 Å². The van der Waals surface area contributed by atoms with Crippen LogP contribution in [0.15, 0.2) is 0 Å². The van der Waals surface area contributed by atoms with Crippen molar-refractivity contribution in [1.82, 2.24) is 37.0 Å². The van der Waals surface area contributed by atoms with Crippen molar-refractivity contribution in [2.75, 3.05) is 39.8 Å². The van der Waals surface area contributed by atoms with Crippen molar-refractivity contribution in [3.63, 3.8) is 0 Å². The minimum atomic E-state index is -0.619. The molecule has 9 nitrogen and oxygen atoms in total. The minimum Gasteiger partial charge on any atom is -0.478 e. The molecule has 0 spiro atoms. The highest BCUT2D eigenvalue weighted by Gasteiger charge is 2.35. The van der Waals surface area contributed by atoms with Gasteiger partial charge in [0.05, 0.1) is 18.5 Å². The van der Waals surface area contributed by atoms with Gasteiger partial charge in [-0.25, -0.2) is 9.82 Å². The molecular formula is C20H41FN8O. The summed E-state index contributed by atoms with van der Waals surface area (Å²) in [5.74, 6) is 0.506. The molecule has 2 saturated heterocycles. The van der Waals surface area contributed by atoms with Gasteiger partial charge < -0.3 is 15.4 Å². The van der Waals surface area contributed by atoms with Gasteiger partial charge >= 0.3 is 0 Å². The van der Waals surface area contributed by atoms with Crippen molar-refractivity contribution < 1.29 is 9.13 Å². The summed E-state index contributed by atoms with van der Waals surface area (Å²) in [6.07, 6.45) is 5.13. The fraction of sp³-hybridized carbons (Fsp3) is 0.950. The maximum absolute atomic E-state index is 13.5. The Morgan fingerprint density at radius 1 is 1.20 bits per heavy atom. The highest BCUT2D eigenvalue weighted by Crippen LogP contribution is 2.28. The molecule has 2 unspecified atom stereocenters. The molecule has 7 N–H and O–H groups in total. The first-order chi connectivity index (χ1) is 14.6. The van der Waals surface area contributed by atoms with Crippen LogP contribution < -0.4 is 32.1 Å². The summed E-state index contributed by atoms with van der Waals surface area (Å²) in [6, 6.07) is 0.292. The predicted octanol–water partition coefficient (Wildman–Crippen LogP) is -0.325. The molecule has 3 aliphatic rings. The van der Waals surface area contributed by atoms with Gasteiger partial charge in [-0.3, -0.25) is 26.4 Å². The van der Waals surface area contributed by atoms with E-state index < -0.39 is 6.17 Å². The number of nitrogens with zero attached hydrogens (tertiary/aromatic N) is 1. The number of hydrazine groups is 1. The van der Waals surface area contributed by atoms with Crippen LogP contribution in [0.3, 0.4) is 0 Å². The Hall–Kier alpha value is -0.880. The molecule has 4 atom stereocenters. The zero-order valence-corrected chi connectivity index (χ0v) is 18.4. The van der Waals surface area contributed by atoms with Gasteiger partial charge in [-0.05, 0) is 45.6 Å². The number of hydrogen-bond donors (Lipinski definition) is 7. The lowest BCUT2D eigenvalue weighted by Crippen LogP contribution is -2.67. The SMILES string of the molecule is CNC(CC(NN[C@@H](C)C1CCC(F)CC1)N1CC(OC=N)C1)N[C@H]1CNCCN1. The van der Waals surface area contributed by atoms with Crippen LogP contribution in [0.4, 0.5) is 4.39 Å². The predicted molar refractivity (Wildman–Crippen MR) is 117 cm³/mol. The quantitative estimate of drug-likeness (QED) is 0.0981. The first-order valence-corrected chi connectivity index (χ1v) is 11.5. The van der Waals surface area contributed by atoms with Crippen LogP contribution in [0, 0.1) is 11.3 Å². The molecule has 0 aromatic rings. The van der Waals surface area contributed by atoms with E-state index in [1.165, 1.54) is 0 Å². The molecule has 30 heavy (non-hydrogen) atoms. The first-order valence-electron chi connectivity index (χ1n) is 11.5. The van der Waals surface area contributed by atoms with Crippen LogP contribution >= 0.6 is 0 Å². The van der Waals surface area contributed by atoms with Crippen molar-refractivity contribution >= 4 is 6.40 Å². The molecule has 1 saturated carbocycles. The van der Waals surface area contributed by atoms with Crippen molar-refractivity contribution in [3.05, 3.63) is 0 Å². The Bertz CT molecular complexity index is 495. The Balaban J connectivity index is 1.50. The molecule has 10 heteroatoms. The Kier molecular flexibility index (Phi) is 9.69. The summed E-state index contributed by atoms with van der Waals surface area (Å²) in [4.78, 5) is 2.34. The lowest BCUT2D eigenvalue weighted by molar-refractivity contribution is -0.0350. The molecule has 2 aliphatic heterocycles. The van der Waals surface area contributed by atoms with Crippen molar-refractivity contribution in [3.8, 4) is 0 Å². The van der Waals surface area contributed by atoms with Crippen LogP contribution in [-0.2, 0) is 4.74 Å². The van der Waals surface area contributed by atoms with Gasteiger partial charge in [-0.2, -0.15) is 0 Å². The summed E-state index contributed by atoms with van der Waals surface area (Å²) in [6.45, 7) is 6.66. The molecule has 0 amide bonds. The topological polar surface area (TPSA) is 108 Å². The lowest BCUT2D eigenvalue weighted by Gasteiger charge is -2.45. The van der Waals surface area contributed by atoms with Crippen molar-refractivity contribution in [1.29, 1.82) is 5.41 Å². The molecule has 0 bridgehead atoms. The number of halogens is 1. The second-order valence-corrected chi connectivity index (χ2v) is 8.89. The Morgan fingerprint density at radius 3 is 2.60 bits per heavy atom. The summed E-state index contributed by atoms with van der Waals surface area (Å²) >= 11 is 0. The molecule has 1 aliphatic carbocycles. The van der Waals surface area contributed by atoms with E-state index in [1.807, 2.05) is 7.05 Å². The molecule has 174 valence electrons. The van der Waals surface area contributed by atoms with E-state index in [1.54, 1.807) is 0 Å². The van der Waals surface area contributed by atoms with Gasteiger partial charge in [0.25, 0.3) is 0 Å². The van der Waals surface area contributed by atoms with Gasteiger partial charge in [0.15, 0.2) is 6.40 Å². The molecule has 0 radical (unpaired) electrons. The number of alkyl halides is 1. The third-order valence-electron chi connectivity index (χ3n) is 6.71. The number of hydrogen-bond acceptors (Lipinski definition) is 9. The van der Waals surface area contributed by atoms with E-state index in [2.05, 4.69) is 43.9 Å². The zero-order chi connectivity index (χ0) is 21.3. The van der Waals surface area contributed by atoms with E-state index in [9.17, 15) is 4.39 Å². The van der Waals surface area contributed by atoms with Gasteiger partial charge in [-0.15, -0.1) is 0 Å². The van der Waals surface area contributed by atoms with Crippen LogP contribution in [0.25, 0.3) is 0 Å². The Morgan fingerprint density at radius 2 is 1.97 bits per heavy atom. The first kappa shape index (κ1) is 23.8. The lowest BCUT2D eigenvalue weighted by atomic mass is 9.84. The minimum absolute atomic E-state index is 0.0919. The van der Waals surface area contributed by atoms with Gasteiger partial charge in [-0.1, -0.05) is 0 Å². The molecule has 3 fully saturated rings. The third-order valence-corrected chi connectivity index (χ3v) is 6.71. The zero-order valence-electron chi connectivity index (χ0n) is 18.4. The van der Waals surface area contributed by atoms with Gasteiger partial charge in [0, 0.05) is 45.2 Å². The summed E-state index contributed by atoms with van der Waals surface area (Å²) in [5, 5.41) is 21.1. The highest BCUT2D eigenvalue weighted by molar-refractivity contribution is 5.41. The smallest absolute Gasteiger partial charge is 0.167 e. The molecular weight excluding hydrogens is 387 g/mol. The molecule has 0 aromatic carbocycles. The van der Waals surface area contributed by atoms with Crippen LogP contribution in [-0.4, -0.2) is 87.9 Å². The van der Waals surface area contributed by atoms with Crippen LogP contribution in [0.5, 0.6) is 0 Å². The standard InChI is InChI=1S/C20H41FN8O/c1-14(15-3-5-16(21)6-4-15)27-28-20(29-11-17(12-29)30-13-22)9-18(23-2)26-19-10-24-7-8-25-19/h13-20,22-28H,3-12H2,1-2H3/t14-,15?,16?,18?,19-,20?/m0/s1. The van der Waals surface area contributed by atoms with E-state index >= 15 is 0 Å². The van der Waals surface area contributed by atoms with Crippen LogP contribution in [0.2, 0.25) is 0 Å². The van der Waals surface area contributed by atoms with Crippen molar-refractivity contribution in [2.45, 2.75) is 75.8 Å². The van der Waals surface area contributed by atoms with E-state index in [0.717, 1.165) is 58.4 Å². The van der Waals surface area contributed by atoms with E-state index in [0.29, 0.717) is 24.8 Å². The maximum Gasteiger partial charge on any atom is 0.167 e. The monoisotopic (exact) mass is 428 g/mol. The fourth-order valence-corrected chi connectivity index (χ4v) is 4.64. The number of ether oxygens (including phenoxy) is 1. The average Bonchev–Trinajstić information content (AvgIpc) is 2.74. The Labute approximate surface area is 180 Å². The molecule has 3 rings (SSSR count). The largest absolute Gasteiger partial charge is 0.478 e. The summed E-state index contributed by atoms with van der Waals surface area (Å²) < 4.78 is 18.8.